The minimum Gasteiger partial charge on any atom is -0.496 e. The number of carbonyl (C=O) groups excluding carboxylic acids is 2. The molecule has 3 rings (SSSR count). The maximum Gasteiger partial charge on any atom is 0.255 e. The number of anilines is 1. The summed E-state index contributed by atoms with van der Waals surface area (Å²) in [6, 6.07) is 11.2. The molecule has 0 aromatic heterocycles. The quantitative estimate of drug-likeness (QED) is 0.669. The maximum atomic E-state index is 13.1. The largest absolute Gasteiger partial charge is 0.496 e. The summed E-state index contributed by atoms with van der Waals surface area (Å²) in [5.74, 6) is 0.647. The predicted octanol–water partition coefficient (Wildman–Crippen LogP) is 5.44. The Hall–Kier alpha value is -2.82. The highest BCUT2D eigenvalue weighted by Gasteiger charge is 2.21. The Labute approximate surface area is 179 Å². The van der Waals surface area contributed by atoms with Crippen molar-refractivity contribution in [3.8, 4) is 5.75 Å². The molecular weight excluding hydrogens is 376 g/mol. The standard InChI is InChI=1S/C25H32N2O3/c1-16(2)20-15-21(17(3)14-23(20)30-4)25(29)27-22-13-9-8-12-19(22)24(28)26-18-10-6-5-7-11-18/h8-9,12-16,18H,5-7,10-11H2,1-4H3,(H,26,28)(H,27,29). The van der Waals surface area contributed by atoms with Crippen LogP contribution in [0.15, 0.2) is 36.4 Å². The Morgan fingerprint density at radius 1 is 1.00 bits per heavy atom. The first-order valence-electron chi connectivity index (χ1n) is 10.8. The van der Waals surface area contributed by atoms with Crippen LogP contribution in [-0.2, 0) is 0 Å². The van der Waals surface area contributed by atoms with Crippen LogP contribution in [0.2, 0.25) is 0 Å². The van der Waals surface area contributed by atoms with Crippen LogP contribution in [0.3, 0.4) is 0 Å². The highest BCUT2D eigenvalue weighted by atomic mass is 16.5. The van der Waals surface area contributed by atoms with Crippen LogP contribution in [-0.4, -0.2) is 25.0 Å². The zero-order valence-electron chi connectivity index (χ0n) is 18.4. The van der Waals surface area contributed by atoms with E-state index in [2.05, 4.69) is 24.5 Å². The summed E-state index contributed by atoms with van der Waals surface area (Å²) in [5.41, 5.74) is 3.42. The molecule has 5 nitrogen and oxygen atoms in total. The van der Waals surface area contributed by atoms with E-state index < -0.39 is 0 Å². The molecule has 0 unspecified atom stereocenters. The number of para-hydroxylation sites is 1. The van der Waals surface area contributed by atoms with Gasteiger partial charge >= 0.3 is 0 Å². The number of amides is 2. The Bertz CT molecular complexity index is 915. The first-order valence-corrected chi connectivity index (χ1v) is 10.8. The normalized spacial score (nSPS) is 14.4. The molecule has 1 aliphatic carbocycles. The van der Waals surface area contributed by atoms with Gasteiger partial charge in [0.25, 0.3) is 11.8 Å². The van der Waals surface area contributed by atoms with Crippen LogP contribution in [0, 0.1) is 6.92 Å². The average molecular weight is 409 g/mol. The van der Waals surface area contributed by atoms with Crippen molar-refractivity contribution in [3.63, 3.8) is 0 Å². The summed E-state index contributed by atoms with van der Waals surface area (Å²) in [5, 5.41) is 6.08. The van der Waals surface area contributed by atoms with E-state index in [-0.39, 0.29) is 23.8 Å². The molecule has 2 amide bonds. The van der Waals surface area contributed by atoms with Crippen LogP contribution in [0.1, 0.15) is 83.7 Å². The Balaban J connectivity index is 1.82. The van der Waals surface area contributed by atoms with Gasteiger partial charge in [-0.3, -0.25) is 9.59 Å². The number of nitrogens with one attached hydrogen (secondary N) is 2. The molecule has 5 heteroatoms. The molecule has 0 radical (unpaired) electrons. The zero-order chi connectivity index (χ0) is 21.7. The monoisotopic (exact) mass is 408 g/mol. The summed E-state index contributed by atoms with van der Waals surface area (Å²) in [6.07, 6.45) is 5.57. The second-order valence-electron chi connectivity index (χ2n) is 8.37. The van der Waals surface area contributed by atoms with E-state index in [1.807, 2.05) is 31.2 Å². The first-order chi connectivity index (χ1) is 14.4. The van der Waals surface area contributed by atoms with E-state index in [0.717, 1.165) is 42.6 Å². The molecule has 0 spiro atoms. The van der Waals surface area contributed by atoms with Gasteiger partial charge in [-0.05, 0) is 61.1 Å². The third-order valence-electron chi connectivity index (χ3n) is 5.80. The maximum absolute atomic E-state index is 13.1. The Morgan fingerprint density at radius 2 is 1.70 bits per heavy atom. The van der Waals surface area contributed by atoms with Crippen molar-refractivity contribution >= 4 is 17.5 Å². The molecule has 1 saturated carbocycles. The summed E-state index contributed by atoms with van der Waals surface area (Å²) < 4.78 is 5.48. The summed E-state index contributed by atoms with van der Waals surface area (Å²) in [6.45, 7) is 6.03. The van der Waals surface area contributed by atoms with E-state index in [0.29, 0.717) is 16.8 Å². The Kier molecular flexibility index (Phi) is 7.14. The van der Waals surface area contributed by atoms with Gasteiger partial charge in [0.1, 0.15) is 5.75 Å². The first kappa shape index (κ1) is 21.9. The van der Waals surface area contributed by atoms with Crippen LogP contribution >= 0.6 is 0 Å². The number of carbonyl (C=O) groups is 2. The molecule has 0 saturated heterocycles. The topological polar surface area (TPSA) is 67.4 Å². The molecule has 2 N–H and O–H groups in total. The lowest BCUT2D eigenvalue weighted by Gasteiger charge is -2.23. The van der Waals surface area contributed by atoms with Gasteiger partial charge < -0.3 is 15.4 Å². The van der Waals surface area contributed by atoms with Crippen molar-refractivity contribution < 1.29 is 14.3 Å². The number of hydrogen-bond donors (Lipinski definition) is 2. The molecule has 30 heavy (non-hydrogen) atoms. The van der Waals surface area contributed by atoms with Crippen LogP contribution < -0.4 is 15.4 Å². The van der Waals surface area contributed by atoms with E-state index in [1.165, 1.54) is 6.42 Å². The van der Waals surface area contributed by atoms with Gasteiger partial charge in [0.2, 0.25) is 0 Å². The SMILES string of the molecule is COc1cc(C)c(C(=O)Nc2ccccc2C(=O)NC2CCCCC2)cc1C(C)C. The fraction of sp³-hybridized carbons (Fsp3) is 0.440. The van der Waals surface area contributed by atoms with Crippen LogP contribution in [0.4, 0.5) is 5.69 Å². The zero-order valence-corrected chi connectivity index (χ0v) is 18.4. The smallest absolute Gasteiger partial charge is 0.255 e. The molecular formula is C25H32N2O3. The average Bonchev–Trinajstić information content (AvgIpc) is 2.74. The van der Waals surface area contributed by atoms with Gasteiger partial charge in [-0.25, -0.2) is 0 Å². The number of rotatable bonds is 6. The highest BCUT2D eigenvalue weighted by Crippen LogP contribution is 2.30. The molecule has 1 fully saturated rings. The van der Waals surface area contributed by atoms with E-state index in [1.54, 1.807) is 19.2 Å². The molecule has 0 bridgehead atoms. The van der Waals surface area contributed by atoms with Crippen molar-refractivity contribution in [2.75, 3.05) is 12.4 Å². The van der Waals surface area contributed by atoms with Gasteiger partial charge in [0, 0.05) is 11.6 Å². The van der Waals surface area contributed by atoms with Crippen molar-refractivity contribution in [2.24, 2.45) is 0 Å². The van der Waals surface area contributed by atoms with Gasteiger partial charge in [0.05, 0.1) is 18.4 Å². The van der Waals surface area contributed by atoms with Crippen LogP contribution in [0.5, 0.6) is 5.75 Å². The summed E-state index contributed by atoms with van der Waals surface area (Å²) in [4.78, 5) is 26.0. The van der Waals surface area contributed by atoms with Crippen molar-refractivity contribution in [1.29, 1.82) is 0 Å². The van der Waals surface area contributed by atoms with Gasteiger partial charge in [-0.2, -0.15) is 0 Å². The van der Waals surface area contributed by atoms with E-state index in [4.69, 9.17) is 4.74 Å². The molecule has 2 aromatic rings. The fourth-order valence-electron chi connectivity index (χ4n) is 4.06. The van der Waals surface area contributed by atoms with Crippen LogP contribution in [0.25, 0.3) is 0 Å². The van der Waals surface area contributed by atoms with E-state index in [9.17, 15) is 9.59 Å². The van der Waals surface area contributed by atoms with Crippen molar-refractivity contribution in [2.45, 2.75) is 64.8 Å². The van der Waals surface area contributed by atoms with Crippen molar-refractivity contribution in [3.05, 3.63) is 58.7 Å². The summed E-state index contributed by atoms with van der Waals surface area (Å²) in [7, 11) is 1.64. The molecule has 0 aliphatic heterocycles. The van der Waals surface area contributed by atoms with Gasteiger partial charge in [0.15, 0.2) is 0 Å². The second-order valence-corrected chi connectivity index (χ2v) is 8.37. The minimum absolute atomic E-state index is 0.132. The molecule has 1 aliphatic rings. The number of hydrogen-bond acceptors (Lipinski definition) is 3. The third kappa shape index (κ3) is 5.02. The van der Waals surface area contributed by atoms with Gasteiger partial charge in [-0.15, -0.1) is 0 Å². The number of benzene rings is 2. The van der Waals surface area contributed by atoms with Crippen molar-refractivity contribution in [1.82, 2.24) is 5.32 Å². The molecule has 160 valence electrons. The lowest BCUT2D eigenvalue weighted by Crippen LogP contribution is -2.36. The molecule has 0 heterocycles. The predicted molar refractivity (Wildman–Crippen MR) is 121 cm³/mol. The molecule has 2 aromatic carbocycles. The number of aryl methyl sites for hydroxylation is 1. The van der Waals surface area contributed by atoms with E-state index >= 15 is 0 Å². The number of methoxy groups -OCH3 is 1. The van der Waals surface area contributed by atoms with Gasteiger partial charge in [-0.1, -0.05) is 45.2 Å². The summed E-state index contributed by atoms with van der Waals surface area (Å²) >= 11 is 0. The lowest BCUT2D eigenvalue weighted by atomic mass is 9.95. The number of ether oxygens (including phenoxy) is 1. The lowest BCUT2D eigenvalue weighted by molar-refractivity contribution is 0.0928. The second kappa shape index (κ2) is 9.79. The third-order valence-corrected chi connectivity index (χ3v) is 5.80. The Morgan fingerprint density at radius 3 is 2.37 bits per heavy atom. The highest BCUT2D eigenvalue weighted by molar-refractivity contribution is 6.09. The fourth-order valence-corrected chi connectivity index (χ4v) is 4.06. The minimum atomic E-state index is -0.227. The molecule has 0 atom stereocenters.